The minimum Gasteiger partial charge on any atom is -0.466 e. The molecule has 0 saturated carbocycles. The predicted octanol–water partition coefficient (Wildman–Crippen LogP) is 6.30. The van der Waals surface area contributed by atoms with Gasteiger partial charge in [0.2, 0.25) is 16.4 Å². The standard InChI is InChI=1S/C34H27F2N5O6S.C6H11NO2/c1-37-34(43)31-22-13-21(26(40(2)48(3,44)45)15-29(22)47-33(31)18-7-9-19(35)10-8-18)24-11-12-28-32(39-24)27-14-20-23(36)5-4-6-25(20)41(27)30(46-28)16-38-17-42;1-9-6(8)7-4-2-3-5-7/h4-15,17,30H,16H2,1-3H3,(H,37,43)(H,38,42);2-5H2,1H3. The molecule has 1 saturated heterocycles. The van der Waals surface area contributed by atoms with Crippen molar-refractivity contribution in [2.45, 2.75) is 19.1 Å². The molecule has 6 aromatic rings. The Bertz CT molecular complexity index is 2640. The molecule has 296 valence electrons. The third-order valence-corrected chi connectivity index (χ3v) is 11.1. The molecule has 2 aliphatic heterocycles. The summed E-state index contributed by atoms with van der Waals surface area (Å²) in [5.41, 5.74) is 3.08. The lowest BCUT2D eigenvalue weighted by Gasteiger charge is -2.29. The molecular formula is C40H38F2N6O8S. The lowest BCUT2D eigenvalue weighted by atomic mass is 10.0. The third kappa shape index (κ3) is 7.33. The van der Waals surface area contributed by atoms with Gasteiger partial charge in [-0.2, -0.15) is 0 Å². The van der Waals surface area contributed by atoms with Crippen molar-refractivity contribution in [3.63, 3.8) is 0 Å². The van der Waals surface area contributed by atoms with E-state index in [4.69, 9.17) is 14.1 Å². The average molecular weight is 801 g/mol. The van der Waals surface area contributed by atoms with E-state index >= 15 is 0 Å². The molecule has 57 heavy (non-hydrogen) atoms. The molecule has 8 rings (SSSR count). The van der Waals surface area contributed by atoms with Crippen LogP contribution in [-0.2, 0) is 19.6 Å². The summed E-state index contributed by atoms with van der Waals surface area (Å²) in [5, 5.41) is 5.93. The summed E-state index contributed by atoms with van der Waals surface area (Å²) >= 11 is 0. The Balaban J connectivity index is 0.000000487. The van der Waals surface area contributed by atoms with E-state index in [0.717, 1.165) is 36.5 Å². The largest absolute Gasteiger partial charge is 0.466 e. The molecule has 0 spiro atoms. The molecule has 14 nitrogen and oxygen atoms in total. The molecule has 1 unspecified atom stereocenters. The van der Waals surface area contributed by atoms with Gasteiger partial charge < -0.3 is 34.0 Å². The van der Waals surface area contributed by atoms with E-state index in [2.05, 4.69) is 15.4 Å². The average Bonchev–Trinajstić information content (AvgIpc) is 3.97. The summed E-state index contributed by atoms with van der Waals surface area (Å²) in [6.45, 7) is 1.83. The van der Waals surface area contributed by atoms with E-state index in [1.54, 1.807) is 45.9 Å². The second kappa shape index (κ2) is 15.6. The molecule has 3 amide bonds. The Labute approximate surface area is 326 Å². The first kappa shape index (κ1) is 38.8. The van der Waals surface area contributed by atoms with Crippen molar-refractivity contribution in [1.29, 1.82) is 0 Å². The maximum atomic E-state index is 15.0. The molecule has 1 fully saturated rings. The van der Waals surface area contributed by atoms with E-state index in [9.17, 15) is 31.6 Å². The van der Waals surface area contributed by atoms with Crippen molar-refractivity contribution in [1.82, 2.24) is 25.1 Å². The smallest absolute Gasteiger partial charge is 0.409 e. The second-order valence-electron chi connectivity index (χ2n) is 13.4. The monoisotopic (exact) mass is 800 g/mol. The lowest BCUT2D eigenvalue weighted by Crippen LogP contribution is -2.31. The fourth-order valence-electron chi connectivity index (χ4n) is 7.02. The van der Waals surface area contributed by atoms with Crippen LogP contribution in [0.1, 0.15) is 29.4 Å². The molecule has 0 aliphatic carbocycles. The van der Waals surface area contributed by atoms with E-state index in [0.29, 0.717) is 56.7 Å². The van der Waals surface area contributed by atoms with E-state index < -0.39 is 33.8 Å². The van der Waals surface area contributed by atoms with Gasteiger partial charge in [0.25, 0.3) is 5.91 Å². The van der Waals surface area contributed by atoms with E-state index in [-0.39, 0.29) is 35.2 Å². The van der Waals surface area contributed by atoms with Crippen molar-refractivity contribution in [2.75, 3.05) is 51.4 Å². The van der Waals surface area contributed by atoms with E-state index in [1.807, 2.05) is 0 Å². The van der Waals surface area contributed by atoms with Gasteiger partial charge in [0.15, 0.2) is 6.23 Å². The quantitative estimate of drug-likeness (QED) is 0.168. The van der Waals surface area contributed by atoms with Gasteiger partial charge in [0.05, 0.1) is 48.1 Å². The summed E-state index contributed by atoms with van der Waals surface area (Å²) in [4.78, 5) is 41.8. The number of nitrogens with one attached hydrogen (secondary N) is 2. The van der Waals surface area contributed by atoms with Gasteiger partial charge >= 0.3 is 6.09 Å². The van der Waals surface area contributed by atoms with Crippen molar-refractivity contribution in [3.8, 4) is 39.7 Å². The van der Waals surface area contributed by atoms with Crippen molar-refractivity contribution >= 4 is 56.0 Å². The number of ether oxygens (including phenoxy) is 2. The number of amides is 3. The first-order chi connectivity index (χ1) is 27.3. The summed E-state index contributed by atoms with van der Waals surface area (Å²) in [6.07, 6.45) is 2.94. The molecular weight excluding hydrogens is 763 g/mol. The Hall–Kier alpha value is -6.49. The molecule has 3 aromatic carbocycles. The Kier molecular flexibility index (Phi) is 10.6. The van der Waals surface area contributed by atoms with Crippen LogP contribution in [0.25, 0.3) is 55.8 Å². The highest BCUT2D eigenvalue weighted by Gasteiger charge is 2.31. The van der Waals surface area contributed by atoms with Gasteiger partial charge in [-0.05, 0) is 73.5 Å². The van der Waals surface area contributed by atoms with Crippen LogP contribution in [0.3, 0.4) is 0 Å². The number of fused-ring (bicyclic) bond motifs is 6. The number of aromatic nitrogens is 2. The van der Waals surface area contributed by atoms with Crippen LogP contribution >= 0.6 is 0 Å². The van der Waals surface area contributed by atoms with Crippen LogP contribution in [0.5, 0.6) is 5.75 Å². The first-order valence-electron chi connectivity index (χ1n) is 17.8. The fourth-order valence-corrected chi connectivity index (χ4v) is 7.53. The first-order valence-corrected chi connectivity index (χ1v) is 19.7. The van der Waals surface area contributed by atoms with Crippen LogP contribution in [0.2, 0.25) is 0 Å². The highest BCUT2D eigenvalue weighted by atomic mass is 32.2. The Morgan fingerprint density at radius 3 is 2.44 bits per heavy atom. The number of nitrogens with zero attached hydrogens (tertiary/aromatic N) is 4. The number of methoxy groups -OCH3 is 1. The predicted molar refractivity (Wildman–Crippen MR) is 209 cm³/mol. The number of rotatable bonds is 8. The number of furan rings is 1. The maximum absolute atomic E-state index is 15.0. The maximum Gasteiger partial charge on any atom is 0.409 e. The number of carbonyl (C=O) groups is 3. The minimum atomic E-state index is -3.80. The third-order valence-electron chi connectivity index (χ3n) is 9.88. The van der Waals surface area contributed by atoms with Crippen LogP contribution in [0.15, 0.2) is 77.2 Å². The van der Waals surface area contributed by atoms with Gasteiger partial charge in [-0.15, -0.1) is 0 Å². The molecule has 2 aliphatic rings. The number of anilines is 1. The Morgan fingerprint density at radius 2 is 1.77 bits per heavy atom. The zero-order valence-electron chi connectivity index (χ0n) is 31.3. The summed E-state index contributed by atoms with van der Waals surface area (Å²) in [7, 11) is 0.464. The van der Waals surface area contributed by atoms with Gasteiger partial charge in [-0.1, -0.05) is 6.07 Å². The molecule has 1 atom stereocenters. The summed E-state index contributed by atoms with van der Waals surface area (Å²) < 4.78 is 74.2. The lowest BCUT2D eigenvalue weighted by molar-refractivity contribution is -0.110. The number of pyridine rings is 1. The molecule has 17 heteroatoms. The molecule has 0 radical (unpaired) electrons. The van der Waals surface area contributed by atoms with Crippen LogP contribution in [-0.4, -0.2) is 88.4 Å². The topological polar surface area (TPSA) is 165 Å². The van der Waals surface area contributed by atoms with Gasteiger partial charge in [-0.25, -0.2) is 27.0 Å². The minimum absolute atomic E-state index is 0.0943. The number of halogens is 2. The van der Waals surface area contributed by atoms with Crippen LogP contribution < -0.4 is 19.7 Å². The van der Waals surface area contributed by atoms with Crippen molar-refractivity contribution < 1.29 is 45.5 Å². The number of sulfonamides is 1. The Morgan fingerprint density at radius 1 is 1.04 bits per heavy atom. The van der Waals surface area contributed by atoms with Crippen LogP contribution in [0.4, 0.5) is 19.3 Å². The number of likely N-dealkylation sites (tertiary alicyclic amines) is 1. The van der Waals surface area contributed by atoms with Gasteiger partial charge in [-0.3, -0.25) is 13.9 Å². The van der Waals surface area contributed by atoms with E-state index in [1.165, 1.54) is 57.6 Å². The van der Waals surface area contributed by atoms with Crippen molar-refractivity contribution in [2.24, 2.45) is 0 Å². The summed E-state index contributed by atoms with van der Waals surface area (Å²) in [5.74, 6) is -0.861. The molecule has 2 N–H and O–H groups in total. The number of carbonyl (C=O) groups excluding carboxylic acids is 3. The number of benzene rings is 3. The molecule has 0 bridgehead atoms. The SMILES string of the molecule is CNC(=O)c1c(-c2ccc(F)cc2)oc2cc(N(C)S(C)(=O)=O)c(-c3ccc4c(n3)-c3cc5c(F)cccc5n3C(CNC=O)O4)cc12.COC(=O)N1CCCC1. The highest BCUT2D eigenvalue weighted by molar-refractivity contribution is 7.92. The highest BCUT2D eigenvalue weighted by Crippen LogP contribution is 2.45. The van der Waals surface area contributed by atoms with Crippen LogP contribution in [0, 0.1) is 11.6 Å². The molecule has 3 aromatic heterocycles. The molecule has 5 heterocycles. The second-order valence-corrected chi connectivity index (χ2v) is 15.4. The zero-order chi connectivity index (χ0) is 40.6. The fraction of sp³-hybridized carbons (Fsp3) is 0.250. The van der Waals surface area contributed by atoms with Gasteiger partial charge in [0, 0.05) is 55.2 Å². The van der Waals surface area contributed by atoms with Gasteiger partial charge in [0.1, 0.15) is 34.4 Å². The normalized spacial score (nSPS) is 14.6. The number of hydrogen-bond acceptors (Lipinski definition) is 9. The van der Waals surface area contributed by atoms with Crippen molar-refractivity contribution in [3.05, 3.63) is 90.0 Å². The summed E-state index contributed by atoms with van der Waals surface area (Å²) in [6, 6.07) is 18.2. The number of hydrogen-bond donors (Lipinski definition) is 2. The zero-order valence-corrected chi connectivity index (χ0v) is 32.2.